The Labute approximate surface area is 229 Å². The number of benzene rings is 2. The summed E-state index contributed by atoms with van der Waals surface area (Å²) in [5.41, 5.74) is 3.05. The molecule has 1 aliphatic rings. The van der Waals surface area contributed by atoms with Crippen LogP contribution in [0.5, 0.6) is 11.5 Å². The van der Waals surface area contributed by atoms with E-state index in [9.17, 15) is 13.2 Å². The van der Waals surface area contributed by atoms with Gasteiger partial charge in [-0.05, 0) is 89.8 Å². The fourth-order valence-electron chi connectivity index (χ4n) is 3.87. The molecule has 1 fully saturated rings. The summed E-state index contributed by atoms with van der Waals surface area (Å²) in [6.45, 7) is 5.67. The fourth-order valence-corrected chi connectivity index (χ4v) is 7.70. The van der Waals surface area contributed by atoms with Crippen molar-refractivity contribution < 1.29 is 17.9 Å². The molecule has 2 amide bonds. The van der Waals surface area contributed by atoms with E-state index < -0.39 is 10.0 Å². The second kappa shape index (κ2) is 11.5. The number of sulfonamides is 1. The van der Waals surface area contributed by atoms with Crippen LogP contribution in [-0.2, 0) is 16.6 Å². The third kappa shape index (κ3) is 6.41. The van der Waals surface area contributed by atoms with Crippen molar-refractivity contribution in [1.82, 2.24) is 14.5 Å². The molecule has 1 aromatic heterocycles. The standard InChI is InChI=1S/C25H27BrClN3O4S2/c1-17-4-6-21(14-18(17)2)34-22-7-5-20(27)15-19(22)16-28-25(31)29-10-3-11-30(13-12-29)36(32,33)24-9-8-23(26)35-24/h4-9,14-15H,3,10-13,16H2,1-2H3,(H,28,31). The second-order valence-electron chi connectivity index (χ2n) is 8.56. The Morgan fingerprint density at radius 1 is 1.06 bits per heavy atom. The molecular weight excluding hydrogens is 586 g/mol. The number of hydrogen-bond acceptors (Lipinski definition) is 5. The molecule has 0 bridgehead atoms. The van der Waals surface area contributed by atoms with Gasteiger partial charge in [0.05, 0.1) is 3.79 Å². The first-order chi connectivity index (χ1) is 17.1. The molecule has 1 N–H and O–H groups in total. The number of urea groups is 1. The van der Waals surface area contributed by atoms with Gasteiger partial charge in [0, 0.05) is 43.3 Å². The predicted octanol–water partition coefficient (Wildman–Crippen LogP) is 6.18. The fraction of sp³-hybridized carbons (Fsp3) is 0.320. The lowest BCUT2D eigenvalue weighted by Gasteiger charge is -2.22. The Morgan fingerprint density at radius 3 is 2.58 bits per heavy atom. The van der Waals surface area contributed by atoms with Gasteiger partial charge in [0.25, 0.3) is 10.0 Å². The molecule has 3 aromatic rings. The van der Waals surface area contributed by atoms with Gasteiger partial charge in [-0.25, -0.2) is 13.2 Å². The van der Waals surface area contributed by atoms with E-state index in [2.05, 4.69) is 21.2 Å². The van der Waals surface area contributed by atoms with Crippen LogP contribution >= 0.6 is 38.9 Å². The summed E-state index contributed by atoms with van der Waals surface area (Å²) < 4.78 is 34.5. The number of carbonyl (C=O) groups excluding carboxylic acids is 1. The molecule has 0 atom stereocenters. The Morgan fingerprint density at radius 2 is 1.86 bits per heavy atom. The number of ether oxygens (including phenoxy) is 1. The third-order valence-electron chi connectivity index (χ3n) is 6.04. The van der Waals surface area contributed by atoms with Gasteiger partial charge in [-0.2, -0.15) is 4.31 Å². The van der Waals surface area contributed by atoms with Gasteiger partial charge >= 0.3 is 6.03 Å². The SMILES string of the molecule is Cc1ccc(Oc2ccc(Cl)cc2CNC(=O)N2CCCN(S(=O)(=O)c3ccc(Br)s3)CC2)cc1C. The first-order valence-corrected chi connectivity index (χ1v) is 14.9. The molecule has 36 heavy (non-hydrogen) atoms. The van der Waals surface area contributed by atoms with Gasteiger partial charge in [0.15, 0.2) is 0 Å². The molecule has 0 saturated carbocycles. The van der Waals surface area contributed by atoms with Gasteiger partial charge in [-0.1, -0.05) is 17.7 Å². The van der Waals surface area contributed by atoms with E-state index in [-0.39, 0.29) is 19.1 Å². The molecule has 0 aliphatic carbocycles. The highest BCUT2D eigenvalue weighted by Gasteiger charge is 2.29. The molecule has 0 spiro atoms. The van der Waals surface area contributed by atoms with E-state index in [1.54, 1.807) is 35.2 Å². The van der Waals surface area contributed by atoms with Crippen LogP contribution in [-0.4, -0.2) is 49.8 Å². The highest BCUT2D eigenvalue weighted by Crippen LogP contribution is 2.30. The van der Waals surface area contributed by atoms with Gasteiger partial charge in [-0.3, -0.25) is 0 Å². The van der Waals surface area contributed by atoms with E-state index in [1.807, 2.05) is 32.0 Å². The highest BCUT2D eigenvalue weighted by molar-refractivity contribution is 9.11. The maximum Gasteiger partial charge on any atom is 0.317 e. The van der Waals surface area contributed by atoms with Gasteiger partial charge < -0.3 is 15.0 Å². The molecule has 0 radical (unpaired) electrons. The second-order valence-corrected chi connectivity index (χ2v) is 13.6. The van der Waals surface area contributed by atoms with E-state index in [0.29, 0.717) is 46.8 Å². The van der Waals surface area contributed by atoms with Gasteiger partial charge in [-0.15, -0.1) is 11.3 Å². The molecular formula is C25H27BrClN3O4S2. The van der Waals surface area contributed by atoms with Crippen molar-refractivity contribution >= 4 is 54.9 Å². The van der Waals surface area contributed by atoms with Crippen molar-refractivity contribution in [2.45, 2.75) is 31.0 Å². The number of aryl methyl sites for hydroxylation is 2. The molecule has 0 unspecified atom stereocenters. The van der Waals surface area contributed by atoms with Crippen molar-refractivity contribution in [1.29, 1.82) is 0 Å². The van der Waals surface area contributed by atoms with Crippen molar-refractivity contribution in [2.75, 3.05) is 26.2 Å². The van der Waals surface area contributed by atoms with Gasteiger partial charge in [0.1, 0.15) is 15.7 Å². The summed E-state index contributed by atoms with van der Waals surface area (Å²) >= 11 is 10.7. The zero-order chi connectivity index (χ0) is 25.9. The average molecular weight is 613 g/mol. The predicted molar refractivity (Wildman–Crippen MR) is 147 cm³/mol. The maximum absolute atomic E-state index is 13.0. The van der Waals surface area contributed by atoms with Crippen molar-refractivity contribution in [3.63, 3.8) is 0 Å². The number of amides is 2. The lowest BCUT2D eigenvalue weighted by Crippen LogP contribution is -2.42. The summed E-state index contributed by atoms with van der Waals surface area (Å²) in [7, 11) is -3.58. The van der Waals surface area contributed by atoms with Crippen molar-refractivity contribution in [3.8, 4) is 11.5 Å². The number of nitrogens with one attached hydrogen (secondary N) is 1. The monoisotopic (exact) mass is 611 g/mol. The Bertz CT molecular complexity index is 1360. The minimum atomic E-state index is -3.58. The minimum Gasteiger partial charge on any atom is -0.457 e. The number of nitrogens with zero attached hydrogens (tertiary/aromatic N) is 2. The largest absolute Gasteiger partial charge is 0.457 e. The molecule has 2 aromatic carbocycles. The number of thiophene rings is 1. The Kier molecular flexibility index (Phi) is 8.62. The average Bonchev–Trinajstić information content (AvgIpc) is 3.13. The third-order valence-corrected chi connectivity index (χ3v) is 10.3. The molecule has 2 heterocycles. The van der Waals surface area contributed by atoms with Crippen LogP contribution in [0.15, 0.2) is 56.5 Å². The van der Waals surface area contributed by atoms with E-state index in [0.717, 1.165) is 14.9 Å². The van der Waals surface area contributed by atoms with Crippen molar-refractivity contribution in [2.24, 2.45) is 0 Å². The molecule has 1 aliphatic heterocycles. The van der Waals surface area contributed by atoms with Crippen LogP contribution in [0.1, 0.15) is 23.1 Å². The number of carbonyl (C=O) groups is 1. The van der Waals surface area contributed by atoms with Crippen molar-refractivity contribution in [3.05, 3.63) is 74.0 Å². The summed E-state index contributed by atoms with van der Waals surface area (Å²) in [6.07, 6.45) is 0.553. The van der Waals surface area contributed by atoms with Crippen LogP contribution in [0.4, 0.5) is 4.79 Å². The lowest BCUT2D eigenvalue weighted by molar-refractivity contribution is 0.200. The summed E-state index contributed by atoms with van der Waals surface area (Å²) in [5.74, 6) is 1.32. The Balaban J connectivity index is 1.39. The normalized spacial score (nSPS) is 14.9. The summed E-state index contributed by atoms with van der Waals surface area (Å²) in [6, 6.07) is 14.3. The van der Waals surface area contributed by atoms with Gasteiger partial charge in [0.2, 0.25) is 0 Å². The number of rotatable bonds is 6. The molecule has 4 rings (SSSR count). The first-order valence-electron chi connectivity index (χ1n) is 11.5. The lowest BCUT2D eigenvalue weighted by atomic mass is 10.1. The van der Waals surface area contributed by atoms with Crippen LogP contribution in [0.2, 0.25) is 5.02 Å². The molecule has 192 valence electrons. The van der Waals surface area contributed by atoms with E-state index in [4.69, 9.17) is 16.3 Å². The first kappa shape index (κ1) is 26.9. The zero-order valence-electron chi connectivity index (χ0n) is 20.0. The van der Waals surface area contributed by atoms with Crippen LogP contribution in [0, 0.1) is 13.8 Å². The van der Waals surface area contributed by atoms with E-state index in [1.165, 1.54) is 21.2 Å². The molecule has 1 saturated heterocycles. The Hall–Kier alpha value is -2.11. The van der Waals surface area contributed by atoms with E-state index >= 15 is 0 Å². The maximum atomic E-state index is 13.0. The van der Waals surface area contributed by atoms with Crippen LogP contribution < -0.4 is 10.1 Å². The highest BCUT2D eigenvalue weighted by atomic mass is 79.9. The topological polar surface area (TPSA) is 79.0 Å². The zero-order valence-corrected chi connectivity index (χ0v) is 23.9. The summed E-state index contributed by atoms with van der Waals surface area (Å²) in [4.78, 5) is 14.6. The van der Waals surface area contributed by atoms with Crippen LogP contribution in [0.25, 0.3) is 0 Å². The molecule has 11 heteroatoms. The smallest absolute Gasteiger partial charge is 0.317 e. The number of hydrogen-bond donors (Lipinski definition) is 1. The quantitative estimate of drug-likeness (QED) is 0.361. The van der Waals surface area contributed by atoms with Crippen LogP contribution in [0.3, 0.4) is 0 Å². The number of halogens is 2. The minimum absolute atomic E-state index is 0.224. The molecule has 7 nitrogen and oxygen atoms in total. The summed E-state index contributed by atoms with van der Waals surface area (Å²) in [5, 5.41) is 3.48.